The van der Waals surface area contributed by atoms with Gasteiger partial charge in [0.15, 0.2) is 6.61 Å². The average molecular weight is 372 g/mol. The summed E-state index contributed by atoms with van der Waals surface area (Å²) in [4.78, 5) is 16.5. The number of ether oxygens (including phenoxy) is 1. The van der Waals surface area contributed by atoms with Crippen LogP contribution >= 0.6 is 0 Å². The van der Waals surface area contributed by atoms with E-state index < -0.39 is 0 Å². The first kappa shape index (κ1) is 19.4. The first-order chi connectivity index (χ1) is 13.5. The Balaban J connectivity index is 1.52. The topological polar surface area (TPSA) is 50.7 Å². The summed E-state index contributed by atoms with van der Waals surface area (Å²) in [7, 11) is 0. The molecule has 0 saturated heterocycles. The summed E-state index contributed by atoms with van der Waals surface area (Å²) in [5, 5.41) is 2.81. The van der Waals surface area contributed by atoms with Crippen LogP contribution in [0.3, 0.4) is 0 Å². The van der Waals surface area contributed by atoms with Crippen LogP contribution in [0.4, 0.5) is 11.4 Å². The molecular formula is C24H24N2O2. The SMILES string of the molecule is Cc1ccc(NC(=O)COc2ccc(C=Nc3ccc(C)c(C)c3)cc2)cc1. The lowest BCUT2D eigenvalue weighted by Crippen LogP contribution is -2.20. The second-order valence-electron chi connectivity index (χ2n) is 6.80. The molecule has 1 N–H and O–H groups in total. The summed E-state index contributed by atoms with van der Waals surface area (Å²) in [5.41, 5.74) is 6.28. The number of benzene rings is 3. The van der Waals surface area contributed by atoms with Gasteiger partial charge in [0, 0.05) is 11.9 Å². The zero-order valence-corrected chi connectivity index (χ0v) is 16.4. The minimum Gasteiger partial charge on any atom is -0.484 e. The molecule has 0 aromatic heterocycles. The second-order valence-corrected chi connectivity index (χ2v) is 6.80. The van der Waals surface area contributed by atoms with Gasteiger partial charge in [-0.1, -0.05) is 23.8 Å². The summed E-state index contributed by atoms with van der Waals surface area (Å²) in [6.45, 7) is 6.13. The molecule has 0 unspecified atom stereocenters. The van der Waals surface area contributed by atoms with Crippen molar-refractivity contribution in [2.24, 2.45) is 4.99 Å². The standard InChI is InChI=1S/C24H24N2O2/c1-17-4-9-21(10-5-17)26-24(27)16-28-23-12-7-20(8-13-23)15-25-22-11-6-18(2)19(3)14-22/h4-15H,16H2,1-3H3,(H,26,27). The van der Waals surface area contributed by atoms with Crippen LogP contribution in [0.25, 0.3) is 0 Å². The van der Waals surface area contributed by atoms with Gasteiger partial charge in [-0.05, 0) is 86.0 Å². The molecule has 142 valence electrons. The summed E-state index contributed by atoms with van der Waals surface area (Å²) in [5.74, 6) is 0.451. The molecule has 0 aliphatic heterocycles. The minimum absolute atomic E-state index is 0.0377. The summed E-state index contributed by atoms with van der Waals surface area (Å²) in [6.07, 6.45) is 1.82. The normalized spacial score (nSPS) is 10.8. The lowest BCUT2D eigenvalue weighted by molar-refractivity contribution is -0.118. The summed E-state index contributed by atoms with van der Waals surface area (Å²) in [6, 6.07) is 21.3. The molecule has 0 atom stereocenters. The van der Waals surface area contributed by atoms with E-state index in [2.05, 4.69) is 36.3 Å². The highest BCUT2D eigenvalue weighted by Crippen LogP contribution is 2.18. The van der Waals surface area contributed by atoms with Crippen LogP contribution in [0.1, 0.15) is 22.3 Å². The molecule has 0 heterocycles. The van der Waals surface area contributed by atoms with Crippen molar-refractivity contribution in [3.05, 3.63) is 89.0 Å². The van der Waals surface area contributed by atoms with Crippen LogP contribution in [0.2, 0.25) is 0 Å². The van der Waals surface area contributed by atoms with Crippen molar-refractivity contribution in [1.82, 2.24) is 0 Å². The van der Waals surface area contributed by atoms with Gasteiger partial charge in [-0.15, -0.1) is 0 Å². The van der Waals surface area contributed by atoms with Crippen LogP contribution < -0.4 is 10.1 Å². The van der Waals surface area contributed by atoms with Crippen molar-refractivity contribution in [2.45, 2.75) is 20.8 Å². The first-order valence-corrected chi connectivity index (χ1v) is 9.20. The smallest absolute Gasteiger partial charge is 0.262 e. The molecule has 4 nitrogen and oxygen atoms in total. The monoisotopic (exact) mass is 372 g/mol. The number of hydrogen-bond donors (Lipinski definition) is 1. The van der Waals surface area contributed by atoms with Gasteiger partial charge in [0.1, 0.15) is 5.75 Å². The van der Waals surface area contributed by atoms with E-state index in [0.29, 0.717) is 5.75 Å². The summed E-state index contributed by atoms with van der Waals surface area (Å²) >= 11 is 0. The second kappa shape index (κ2) is 9.00. The molecule has 0 bridgehead atoms. The number of anilines is 1. The Morgan fingerprint density at radius 2 is 1.64 bits per heavy atom. The Labute approximate surface area is 165 Å². The quantitative estimate of drug-likeness (QED) is 0.591. The fourth-order valence-corrected chi connectivity index (χ4v) is 2.59. The van der Waals surface area contributed by atoms with Crippen LogP contribution in [-0.4, -0.2) is 18.7 Å². The van der Waals surface area contributed by atoms with E-state index in [1.165, 1.54) is 11.1 Å². The molecule has 0 aliphatic rings. The maximum absolute atomic E-state index is 12.0. The Kier molecular flexibility index (Phi) is 6.22. The Bertz CT molecular complexity index is 974. The fraction of sp³-hybridized carbons (Fsp3) is 0.167. The Hall–Kier alpha value is -3.40. The zero-order valence-electron chi connectivity index (χ0n) is 16.4. The molecule has 28 heavy (non-hydrogen) atoms. The molecule has 0 spiro atoms. The minimum atomic E-state index is -0.191. The number of rotatable bonds is 6. The van der Waals surface area contributed by atoms with Gasteiger partial charge >= 0.3 is 0 Å². The maximum atomic E-state index is 12.0. The highest BCUT2D eigenvalue weighted by atomic mass is 16.5. The zero-order chi connectivity index (χ0) is 19.9. The highest BCUT2D eigenvalue weighted by Gasteiger charge is 2.04. The lowest BCUT2D eigenvalue weighted by atomic mass is 10.1. The number of carbonyl (C=O) groups is 1. The maximum Gasteiger partial charge on any atom is 0.262 e. The van der Waals surface area contributed by atoms with Gasteiger partial charge in [0.2, 0.25) is 0 Å². The summed E-state index contributed by atoms with van der Waals surface area (Å²) < 4.78 is 5.55. The number of nitrogens with zero attached hydrogens (tertiary/aromatic N) is 1. The van der Waals surface area contributed by atoms with E-state index >= 15 is 0 Å². The van der Waals surface area contributed by atoms with Crippen LogP contribution in [0.5, 0.6) is 5.75 Å². The first-order valence-electron chi connectivity index (χ1n) is 9.20. The van der Waals surface area contributed by atoms with Crippen molar-refractivity contribution >= 4 is 23.5 Å². The van der Waals surface area contributed by atoms with Crippen molar-refractivity contribution in [3.63, 3.8) is 0 Å². The fourth-order valence-electron chi connectivity index (χ4n) is 2.59. The molecular weight excluding hydrogens is 348 g/mol. The third-order valence-electron chi connectivity index (χ3n) is 4.44. The number of aliphatic imine (C=N–C) groups is 1. The lowest BCUT2D eigenvalue weighted by Gasteiger charge is -2.08. The van der Waals surface area contributed by atoms with Gasteiger partial charge in [-0.3, -0.25) is 9.79 Å². The molecule has 1 amide bonds. The van der Waals surface area contributed by atoms with Gasteiger partial charge in [-0.2, -0.15) is 0 Å². The average Bonchev–Trinajstić information content (AvgIpc) is 2.70. The van der Waals surface area contributed by atoms with E-state index in [0.717, 1.165) is 22.5 Å². The van der Waals surface area contributed by atoms with E-state index in [1.807, 2.05) is 67.7 Å². The molecule has 4 heteroatoms. The molecule has 0 fully saturated rings. The Morgan fingerprint density at radius 1 is 0.929 bits per heavy atom. The van der Waals surface area contributed by atoms with Gasteiger partial charge < -0.3 is 10.1 Å². The van der Waals surface area contributed by atoms with Gasteiger partial charge in [0.25, 0.3) is 5.91 Å². The third kappa shape index (κ3) is 5.55. The molecule has 0 radical (unpaired) electrons. The van der Waals surface area contributed by atoms with Crippen molar-refractivity contribution in [3.8, 4) is 5.75 Å². The van der Waals surface area contributed by atoms with Gasteiger partial charge in [0.05, 0.1) is 5.69 Å². The van der Waals surface area contributed by atoms with E-state index in [9.17, 15) is 4.79 Å². The largest absolute Gasteiger partial charge is 0.484 e. The molecule has 0 aliphatic carbocycles. The van der Waals surface area contributed by atoms with Crippen LogP contribution in [-0.2, 0) is 4.79 Å². The number of amides is 1. The van der Waals surface area contributed by atoms with Crippen molar-refractivity contribution < 1.29 is 9.53 Å². The van der Waals surface area contributed by atoms with Crippen molar-refractivity contribution in [1.29, 1.82) is 0 Å². The number of nitrogens with one attached hydrogen (secondary N) is 1. The van der Waals surface area contributed by atoms with Gasteiger partial charge in [-0.25, -0.2) is 0 Å². The molecule has 0 saturated carbocycles. The predicted molar refractivity (Wildman–Crippen MR) is 115 cm³/mol. The Morgan fingerprint density at radius 3 is 2.32 bits per heavy atom. The number of hydrogen-bond acceptors (Lipinski definition) is 3. The van der Waals surface area contributed by atoms with Crippen molar-refractivity contribution in [2.75, 3.05) is 11.9 Å². The van der Waals surface area contributed by atoms with Crippen LogP contribution in [0, 0.1) is 20.8 Å². The molecule has 3 aromatic rings. The van der Waals surface area contributed by atoms with Crippen LogP contribution in [0.15, 0.2) is 71.7 Å². The number of aryl methyl sites for hydroxylation is 3. The van der Waals surface area contributed by atoms with E-state index in [1.54, 1.807) is 0 Å². The molecule has 3 aromatic carbocycles. The van der Waals surface area contributed by atoms with E-state index in [4.69, 9.17) is 4.74 Å². The highest BCUT2D eigenvalue weighted by molar-refractivity contribution is 5.91. The third-order valence-corrected chi connectivity index (χ3v) is 4.44. The predicted octanol–water partition coefficient (Wildman–Crippen LogP) is 5.38. The number of carbonyl (C=O) groups excluding carboxylic acids is 1. The van der Waals surface area contributed by atoms with E-state index in [-0.39, 0.29) is 12.5 Å². The molecule has 3 rings (SSSR count).